The molecule has 1 saturated heterocycles. The van der Waals surface area contributed by atoms with Crippen LogP contribution in [0.1, 0.15) is 36.0 Å². The van der Waals surface area contributed by atoms with Crippen molar-refractivity contribution in [3.05, 3.63) is 65.2 Å². The first-order chi connectivity index (χ1) is 13.8. The normalized spacial score (nSPS) is 19.0. The van der Waals surface area contributed by atoms with Gasteiger partial charge in [-0.05, 0) is 79.9 Å². The molecule has 2 aliphatic heterocycles. The quantitative estimate of drug-likeness (QED) is 0.742. The van der Waals surface area contributed by atoms with E-state index in [0.717, 1.165) is 68.6 Å². The fourth-order valence-electron chi connectivity index (χ4n) is 4.45. The van der Waals surface area contributed by atoms with Crippen LogP contribution in [0, 0.1) is 5.92 Å². The molecule has 0 amide bonds. The Morgan fingerprint density at radius 2 is 1.69 bits per heavy atom. The highest BCUT2D eigenvalue weighted by molar-refractivity contribution is 7.85. The number of hydrogen-bond acceptors (Lipinski definition) is 3. The molecule has 1 N–H and O–H groups in total. The predicted molar refractivity (Wildman–Crippen MR) is 124 cm³/mol. The molecule has 0 spiro atoms. The molecule has 2 aromatic carbocycles. The van der Waals surface area contributed by atoms with Crippen molar-refractivity contribution in [1.29, 1.82) is 0 Å². The summed E-state index contributed by atoms with van der Waals surface area (Å²) in [5, 5.41) is 3.41. The summed E-state index contributed by atoms with van der Waals surface area (Å²) in [6.07, 6.45) is 5.71. The SMILES string of the molecule is Cl.O=S(CCC1CCNCC1)c1ccc2c(c1)CCN(Cc1ccccc1)CC2. The molecule has 4 rings (SSSR count). The van der Waals surface area contributed by atoms with E-state index in [4.69, 9.17) is 0 Å². The van der Waals surface area contributed by atoms with E-state index in [1.807, 2.05) is 0 Å². The molecule has 1 unspecified atom stereocenters. The zero-order valence-electron chi connectivity index (χ0n) is 17.1. The van der Waals surface area contributed by atoms with Crippen molar-refractivity contribution in [1.82, 2.24) is 10.2 Å². The lowest BCUT2D eigenvalue weighted by Gasteiger charge is -2.22. The summed E-state index contributed by atoms with van der Waals surface area (Å²) in [4.78, 5) is 3.58. The maximum absolute atomic E-state index is 12.8. The van der Waals surface area contributed by atoms with Gasteiger partial charge in [0.05, 0.1) is 10.8 Å². The van der Waals surface area contributed by atoms with Gasteiger partial charge in [0.15, 0.2) is 0 Å². The molecule has 3 nitrogen and oxygen atoms in total. The summed E-state index contributed by atoms with van der Waals surface area (Å²) in [5.41, 5.74) is 4.23. The van der Waals surface area contributed by atoms with Gasteiger partial charge in [0, 0.05) is 30.3 Å². The van der Waals surface area contributed by atoms with E-state index < -0.39 is 10.8 Å². The van der Waals surface area contributed by atoms with Gasteiger partial charge in [-0.2, -0.15) is 0 Å². The van der Waals surface area contributed by atoms with Crippen LogP contribution in [-0.4, -0.2) is 41.0 Å². The fraction of sp³-hybridized carbons (Fsp3) is 0.500. The van der Waals surface area contributed by atoms with E-state index in [-0.39, 0.29) is 12.4 Å². The summed E-state index contributed by atoms with van der Waals surface area (Å²) >= 11 is 0. The van der Waals surface area contributed by atoms with Crippen LogP contribution >= 0.6 is 12.4 Å². The van der Waals surface area contributed by atoms with E-state index in [1.54, 1.807) is 0 Å². The molecule has 2 aliphatic rings. The summed E-state index contributed by atoms with van der Waals surface area (Å²) in [5.74, 6) is 1.56. The number of piperidine rings is 1. The second kappa shape index (κ2) is 11.3. The third-order valence-corrected chi connectivity index (χ3v) is 7.64. The molecule has 5 heteroatoms. The van der Waals surface area contributed by atoms with Crippen molar-refractivity contribution in [2.75, 3.05) is 31.9 Å². The van der Waals surface area contributed by atoms with Crippen molar-refractivity contribution >= 4 is 23.2 Å². The topological polar surface area (TPSA) is 32.3 Å². The minimum atomic E-state index is -0.863. The highest BCUT2D eigenvalue weighted by Gasteiger charge is 2.18. The van der Waals surface area contributed by atoms with Crippen LogP contribution in [0.3, 0.4) is 0 Å². The molecule has 2 aromatic rings. The Labute approximate surface area is 184 Å². The average molecular weight is 433 g/mol. The number of benzene rings is 2. The van der Waals surface area contributed by atoms with Crippen molar-refractivity contribution in [3.63, 3.8) is 0 Å². The molecule has 0 aliphatic carbocycles. The van der Waals surface area contributed by atoms with Crippen molar-refractivity contribution < 1.29 is 4.21 Å². The standard InChI is InChI=1S/C24H32N2OS.ClH/c27-28(17-12-20-8-13-25-14-9-20)24-7-6-22-10-15-26(16-11-23(22)18-24)19-21-4-2-1-3-5-21;/h1-7,18,20,25H,8-17,19H2;1H. The van der Waals surface area contributed by atoms with Crippen LogP contribution < -0.4 is 5.32 Å². The molecule has 0 radical (unpaired) electrons. The number of hydrogen-bond donors (Lipinski definition) is 1. The number of rotatable bonds is 6. The molecule has 158 valence electrons. The monoisotopic (exact) mass is 432 g/mol. The molecule has 0 saturated carbocycles. The summed E-state index contributed by atoms with van der Waals surface area (Å²) in [7, 11) is -0.863. The Hall–Kier alpha value is -1.20. The van der Waals surface area contributed by atoms with E-state index in [0.29, 0.717) is 0 Å². The summed E-state index contributed by atoms with van der Waals surface area (Å²) in [6.45, 7) is 5.43. The molecular weight excluding hydrogens is 400 g/mol. The van der Waals surface area contributed by atoms with Crippen LogP contribution in [0.2, 0.25) is 0 Å². The second-order valence-corrected chi connectivity index (χ2v) is 9.79. The zero-order valence-corrected chi connectivity index (χ0v) is 18.8. The van der Waals surface area contributed by atoms with Crippen LogP contribution in [0.5, 0.6) is 0 Å². The van der Waals surface area contributed by atoms with Crippen LogP contribution in [0.15, 0.2) is 53.4 Å². The number of halogens is 1. The lowest BCUT2D eigenvalue weighted by molar-refractivity contribution is 0.279. The van der Waals surface area contributed by atoms with Crippen LogP contribution in [0.25, 0.3) is 0 Å². The van der Waals surface area contributed by atoms with Crippen LogP contribution in [-0.2, 0) is 30.2 Å². The lowest BCUT2D eigenvalue weighted by Crippen LogP contribution is -2.28. The highest BCUT2D eigenvalue weighted by atomic mass is 35.5. The summed E-state index contributed by atoms with van der Waals surface area (Å²) in [6, 6.07) is 17.3. The third-order valence-electron chi connectivity index (χ3n) is 6.25. The van der Waals surface area contributed by atoms with Gasteiger partial charge in [-0.25, -0.2) is 0 Å². The first-order valence-electron chi connectivity index (χ1n) is 10.7. The second-order valence-electron chi connectivity index (χ2n) is 8.22. The Morgan fingerprint density at radius 1 is 0.966 bits per heavy atom. The first kappa shape index (κ1) is 22.5. The zero-order chi connectivity index (χ0) is 19.2. The number of nitrogens with zero attached hydrogens (tertiary/aromatic N) is 1. The van der Waals surface area contributed by atoms with Gasteiger partial charge < -0.3 is 5.32 Å². The number of fused-ring (bicyclic) bond motifs is 1. The van der Waals surface area contributed by atoms with Gasteiger partial charge in [0.25, 0.3) is 0 Å². The van der Waals surface area contributed by atoms with Crippen molar-refractivity contribution in [2.24, 2.45) is 5.92 Å². The largest absolute Gasteiger partial charge is 0.317 e. The van der Waals surface area contributed by atoms with Gasteiger partial charge in [0.2, 0.25) is 0 Å². The maximum Gasteiger partial charge on any atom is 0.0529 e. The van der Waals surface area contributed by atoms with Gasteiger partial charge in [-0.3, -0.25) is 9.11 Å². The minimum absolute atomic E-state index is 0. The Morgan fingerprint density at radius 3 is 2.45 bits per heavy atom. The predicted octanol–water partition coefficient (Wildman–Crippen LogP) is 4.21. The molecule has 0 bridgehead atoms. The lowest BCUT2D eigenvalue weighted by atomic mass is 9.96. The average Bonchev–Trinajstić information content (AvgIpc) is 2.95. The van der Waals surface area contributed by atoms with Gasteiger partial charge in [0.1, 0.15) is 0 Å². The van der Waals surface area contributed by atoms with E-state index in [9.17, 15) is 4.21 Å². The Kier molecular flexibility index (Phi) is 8.73. The smallest absolute Gasteiger partial charge is 0.0529 e. The Bertz CT molecular complexity index is 793. The van der Waals surface area contributed by atoms with E-state index in [1.165, 1.54) is 29.5 Å². The summed E-state index contributed by atoms with van der Waals surface area (Å²) < 4.78 is 12.8. The highest BCUT2D eigenvalue weighted by Crippen LogP contribution is 2.23. The number of nitrogens with one attached hydrogen (secondary N) is 1. The third kappa shape index (κ3) is 6.39. The molecule has 1 fully saturated rings. The van der Waals surface area contributed by atoms with Crippen molar-refractivity contribution in [2.45, 2.75) is 43.5 Å². The molecule has 2 heterocycles. The first-order valence-corrected chi connectivity index (χ1v) is 12.1. The minimum Gasteiger partial charge on any atom is -0.317 e. The van der Waals surface area contributed by atoms with Gasteiger partial charge >= 0.3 is 0 Å². The van der Waals surface area contributed by atoms with E-state index in [2.05, 4.69) is 58.7 Å². The molecule has 1 atom stereocenters. The Balaban J connectivity index is 0.00000240. The van der Waals surface area contributed by atoms with Gasteiger partial charge in [-0.15, -0.1) is 12.4 Å². The molecule has 0 aromatic heterocycles. The maximum atomic E-state index is 12.8. The van der Waals surface area contributed by atoms with Crippen molar-refractivity contribution in [3.8, 4) is 0 Å². The molecular formula is C24H33ClN2OS. The molecule has 29 heavy (non-hydrogen) atoms. The van der Waals surface area contributed by atoms with Crippen LogP contribution in [0.4, 0.5) is 0 Å². The van der Waals surface area contributed by atoms with Gasteiger partial charge in [-0.1, -0.05) is 36.4 Å². The van der Waals surface area contributed by atoms with E-state index >= 15 is 0 Å². The fourth-order valence-corrected chi connectivity index (χ4v) is 5.73.